The van der Waals surface area contributed by atoms with E-state index >= 15 is 0 Å². The Kier molecular flexibility index (Phi) is 8.57. The molecule has 4 aliphatic carbocycles. The van der Waals surface area contributed by atoms with Crippen molar-refractivity contribution < 1.29 is 8.42 Å². The van der Waals surface area contributed by atoms with Gasteiger partial charge in [-0.2, -0.15) is 13.5 Å². The SMILES string of the molecule is Cc1ccc(S(=O)(=O)N/N=C2\C[C@@]3(C)C(CC[C@H]4[C@@H]5CCCC[C@@]5(C)CC[C@@H]43)[C@H]2[C@H](C)CC[C@@H](C)C(C)C)cc1. The van der Waals surface area contributed by atoms with Crippen LogP contribution in [0.4, 0.5) is 0 Å². The van der Waals surface area contributed by atoms with Crippen LogP contribution >= 0.6 is 0 Å². The first-order valence-electron chi connectivity index (χ1n) is 16.5. The molecule has 0 aromatic heterocycles. The Bertz CT molecular complexity index is 1170. The van der Waals surface area contributed by atoms with Gasteiger partial charge in [0.25, 0.3) is 10.0 Å². The highest BCUT2D eigenvalue weighted by Crippen LogP contribution is 2.67. The predicted octanol–water partition coefficient (Wildman–Crippen LogP) is 9.00. The lowest BCUT2D eigenvalue weighted by molar-refractivity contribution is -0.108. The summed E-state index contributed by atoms with van der Waals surface area (Å²) in [5.41, 5.74) is 2.95. The number of hydrogen-bond acceptors (Lipinski definition) is 3. The minimum atomic E-state index is -3.69. The zero-order valence-corrected chi connectivity index (χ0v) is 27.2. The molecule has 4 saturated carbocycles. The van der Waals surface area contributed by atoms with Gasteiger partial charge in [0.2, 0.25) is 0 Å². The third-order valence-corrected chi connectivity index (χ3v) is 14.0. The number of rotatable bonds is 8. The van der Waals surface area contributed by atoms with Crippen molar-refractivity contribution >= 4 is 15.7 Å². The van der Waals surface area contributed by atoms with Crippen LogP contribution < -0.4 is 4.83 Å². The molecule has 1 aromatic carbocycles. The number of hydrazone groups is 1. The van der Waals surface area contributed by atoms with Crippen molar-refractivity contribution in [3.05, 3.63) is 29.8 Å². The molecule has 0 radical (unpaired) electrons. The molecule has 4 fully saturated rings. The van der Waals surface area contributed by atoms with Crippen molar-refractivity contribution in [3.8, 4) is 0 Å². The highest BCUT2D eigenvalue weighted by molar-refractivity contribution is 7.89. The van der Waals surface area contributed by atoms with Crippen molar-refractivity contribution in [2.45, 2.75) is 124 Å². The molecule has 9 atom stereocenters. The van der Waals surface area contributed by atoms with Crippen molar-refractivity contribution in [3.63, 3.8) is 0 Å². The first-order chi connectivity index (χ1) is 18.9. The standard InChI is InChI=1S/C35H56N2O2S/c1-23(2)25(4)13-14-26(5)33-31-18-17-28-29-10-8-9-20-34(29,6)21-19-30(28)35(31,7)22-32(33)36-37-40(38,39)27-15-11-24(3)12-16-27/h11-12,15-16,23,25-26,28-31,33,37H,8-10,13-14,17-22H2,1-7H3/b36-32+/t25-,26-,28+,29+,30+,31?,33-,34+,35-/m1/s1. The van der Waals surface area contributed by atoms with Crippen LogP contribution in [0.3, 0.4) is 0 Å². The molecule has 0 spiro atoms. The van der Waals surface area contributed by atoms with Gasteiger partial charge in [-0.25, -0.2) is 4.83 Å². The zero-order chi connectivity index (χ0) is 28.9. The van der Waals surface area contributed by atoms with Gasteiger partial charge in [0.1, 0.15) is 0 Å². The molecule has 5 heteroatoms. The van der Waals surface area contributed by atoms with Gasteiger partial charge < -0.3 is 0 Å². The second-order valence-corrected chi connectivity index (χ2v) is 17.2. The molecule has 40 heavy (non-hydrogen) atoms. The summed E-state index contributed by atoms with van der Waals surface area (Å²) in [5, 5.41) is 4.84. The summed E-state index contributed by atoms with van der Waals surface area (Å²) in [4.78, 5) is 3.01. The van der Waals surface area contributed by atoms with Crippen LogP contribution in [0.2, 0.25) is 0 Å². The Morgan fingerprint density at radius 1 is 0.900 bits per heavy atom. The molecule has 0 heterocycles. The van der Waals surface area contributed by atoms with Gasteiger partial charge in [-0.05, 0) is 123 Å². The van der Waals surface area contributed by atoms with Crippen LogP contribution in [0, 0.1) is 65.1 Å². The lowest BCUT2D eigenvalue weighted by Gasteiger charge is -2.60. The maximum atomic E-state index is 13.3. The van der Waals surface area contributed by atoms with Crippen LogP contribution in [-0.4, -0.2) is 14.1 Å². The van der Waals surface area contributed by atoms with Gasteiger partial charge >= 0.3 is 0 Å². The fourth-order valence-electron chi connectivity index (χ4n) is 10.0. The number of sulfonamides is 1. The van der Waals surface area contributed by atoms with Crippen LogP contribution in [0.5, 0.6) is 0 Å². The third-order valence-electron chi connectivity index (χ3n) is 12.8. The lowest BCUT2D eigenvalue weighted by Crippen LogP contribution is -2.52. The number of benzene rings is 1. The maximum absolute atomic E-state index is 13.3. The zero-order valence-electron chi connectivity index (χ0n) is 26.4. The minimum absolute atomic E-state index is 0.221. The number of nitrogens with one attached hydrogen (secondary N) is 1. The number of nitrogens with zero attached hydrogens (tertiary/aromatic N) is 1. The van der Waals surface area contributed by atoms with Crippen LogP contribution in [0.15, 0.2) is 34.3 Å². The maximum Gasteiger partial charge on any atom is 0.276 e. The quantitative estimate of drug-likeness (QED) is 0.318. The van der Waals surface area contributed by atoms with E-state index in [0.29, 0.717) is 39.9 Å². The summed E-state index contributed by atoms with van der Waals surface area (Å²) >= 11 is 0. The molecule has 0 amide bonds. The Balaban J connectivity index is 1.44. The molecule has 0 aliphatic heterocycles. The Labute approximate surface area is 245 Å². The van der Waals surface area contributed by atoms with E-state index in [-0.39, 0.29) is 5.41 Å². The topological polar surface area (TPSA) is 58.5 Å². The molecule has 1 unspecified atom stereocenters. The van der Waals surface area contributed by atoms with Gasteiger partial charge in [-0.15, -0.1) is 0 Å². The predicted molar refractivity (Wildman–Crippen MR) is 167 cm³/mol. The van der Waals surface area contributed by atoms with Gasteiger partial charge in [-0.3, -0.25) is 0 Å². The molecule has 1 aromatic rings. The molecule has 224 valence electrons. The van der Waals surface area contributed by atoms with Crippen LogP contribution in [-0.2, 0) is 10.0 Å². The first kappa shape index (κ1) is 30.1. The van der Waals surface area contributed by atoms with Crippen LogP contribution in [0.1, 0.15) is 118 Å². The van der Waals surface area contributed by atoms with E-state index in [1.54, 1.807) is 12.1 Å². The van der Waals surface area contributed by atoms with Crippen molar-refractivity contribution in [1.82, 2.24) is 4.83 Å². The van der Waals surface area contributed by atoms with E-state index in [1.807, 2.05) is 19.1 Å². The monoisotopic (exact) mass is 568 g/mol. The van der Waals surface area contributed by atoms with E-state index in [4.69, 9.17) is 5.10 Å². The summed E-state index contributed by atoms with van der Waals surface area (Å²) < 4.78 is 26.5. The average molecular weight is 569 g/mol. The molecule has 5 rings (SSSR count). The summed E-state index contributed by atoms with van der Waals surface area (Å²) in [6, 6.07) is 7.09. The highest BCUT2D eigenvalue weighted by Gasteiger charge is 2.61. The fourth-order valence-corrected chi connectivity index (χ4v) is 10.8. The second kappa shape index (κ2) is 11.4. The van der Waals surface area contributed by atoms with E-state index in [0.717, 1.165) is 35.4 Å². The van der Waals surface area contributed by atoms with E-state index in [9.17, 15) is 8.42 Å². The van der Waals surface area contributed by atoms with Crippen molar-refractivity contribution in [2.24, 2.45) is 63.3 Å². The lowest BCUT2D eigenvalue weighted by atomic mass is 9.45. The average Bonchev–Trinajstić information content (AvgIpc) is 3.22. The second-order valence-electron chi connectivity index (χ2n) is 15.5. The smallest absolute Gasteiger partial charge is 0.200 e. The number of aryl methyl sites for hydroxylation is 1. The molecular formula is C35H56N2O2S. The summed E-state index contributed by atoms with van der Waals surface area (Å²) in [6.07, 6.45) is 14.4. The Morgan fingerprint density at radius 3 is 2.33 bits per heavy atom. The minimum Gasteiger partial charge on any atom is -0.200 e. The summed E-state index contributed by atoms with van der Waals surface area (Å²) in [5.74, 6) is 5.33. The molecule has 1 N–H and O–H groups in total. The van der Waals surface area contributed by atoms with E-state index < -0.39 is 10.0 Å². The van der Waals surface area contributed by atoms with Gasteiger partial charge in [-0.1, -0.05) is 78.5 Å². The van der Waals surface area contributed by atoms with E-state index in [1.165, 1.54) is 64.2 Å². The number of fused-ring (bicyclic) bond motifs is 5. The molecular weight excluding hydrogens is 512 g/mol. The largest absolute Gasteiger partial charge is 0.276 e. The van der Waals surface area contributed by atoms with Gasteiger partial charge in [0.05, 0.1) is 4.90 Å². The molecule has 4 aliphatic rings. The third kappa shape index (κ3) is 5.54. The number of hydrogen-bond donors (Lipinski definition) is 1. The van der Waals surface area contributed by atoms with E-state index in [2.05, 4.69) is 46.4 Å². The highest BCUT2D eigenvalue weighted by atomic mass is 32.2. The molecule has 4 nitrogen and oxygen atoms in total. The first-order valence-corrected chi connectivity index (χ1v) is 18.0. The Hall–Kier alpha value is -1.36. The normalized spacial score (nSPS) is 38.4. The molecule has 0 bridgehead atoms. The molecule has 0 saturated heterocycles. The Morgan fingerprint density at radius 2 is 1.62 bits per heavy atom. The fraction of sp³-hybridized carbons (Fsp3) is 0.800. The summed E-state index contributed by atoms with van der Waals surface area (Å²) in [7, 11) is -3.69. The van der Waals surface area contributed by atoms with Crippen LogP contribution in [0.25, 0.3) is 0 Å². The van der Waals surface area contributed by atoms with Gasteiger partial charge in [0.15, 0.2) is 0 Å². The summed E-state index contributed by atoms with van der Waals surface area (Å²) in [6.45, 7) is 16.6. The van der Waals surface area contributed by atoms with Crippen molar-refractivity contribution in [2.75, 3.05) is 0 Å². The van der Waals surface area contributed by atoms with Crippen molar-refractivity contribution in [1.29, 1.82) is 0 Å². The van der Waals surface area contributed by atoms with Gasteiger partial charge in [0, 0.05) is 11.6 Å².